The van der Waals surface area contributed by atoms with Gasteiger partial charge in [0.05, 0.1) is 22.8 Å². The fraction of sp³-hybridized carbons (Fsp3) is 0.417. The molecule has 1 fully saturated rings. The second-order valence-corrected chi connectivity index (χ2v) is 4.50. The molecule has 0 radical (unpaired) electrons. The highest BCUT2D eigenvalue weighted by Gasteiger charge is 2.30. The summed E-state index contributed by atoms with van der Waals surface area (Å²) in [5, 5.41) is 13.0. The molecule has 0 spiro atoms. The number of hydrogen-bond donors (Lipinski definition) is 2. The van der Waals surface area contributed by atoms with Crippen molar-refractivity contribution in [3.8, 4) is 0 Å². The predicted octanol–water partition coefficient (Wildman–Crippen LogP) is 1.18. The van der Waals surface area contributed by atoms with Crippen LogP contribution in [-0.2, 0) is 9.53 Å². The van der Waals surface area contributed by atoms with Crippen molar-refractivity contribution in [1.29, 1.82) is 0 Å². The fourth-order valence-electron chi connectivity index (χ4n) is 2.05. The molecular weight excluding hydrogens is 269 g/mol. The van der Waals surface area contributed by atoms with E-state index in [-0.39, 0.29) is 11.8 Å². The van der Waals surface area contributed by atoms with Gasteiger partial charge >= 0.3 is 0 Å². The first-order chi connectivity index (χ1) is 9.49. The third-order valence-corrected chi connectivity index (χ3v) is 3.02. The van der Waals surface area contributed by atoms with E-state index in [1.54, 1.807) is 0 Å². The number of anilines is 1. The van der Waals surface area contributed by atoms with E-state index in [9.17, 15) is 19.3 Å². The van der Waals surface area contributed by atoms with Gasteiger partial charge in [-0.1, -0.05) is 0 Å². The number of ether oxygens (including phenoxy) is 1. The summed E-state index contributed by atoms with van der Waals surface area (Å²) in [6.07, 6.45) is 0.377. The number of amides is 1. The zero-order chi connectivity index (χ0) is 14.7. The van der Waals surface area contributed by atoms with Gasteiger partial charge in [-0.05, 0) is 18.9 Å². The van der Waals surface area contributed by atoms with Gasteiger partial charge in [-0.15, -0.1) is 0 Å². The molecule has 1 aromatic rings. The lowest BCUT2D eigenvalue weighted by atomic mass is 10.2. The van der Waals surface area contributed by atoms with Crippen molar-refractivity contribution in [3.63, 3.8) is 0 Å². The summed E-state index contributed by atoms with van der Waals surface area (Å²) >= 11 is 0. The molecule has 1 amide bonds. The second kappa shape index (κ2) is 5.93. The van der Waals surface area contributed by atoms with Crippen LogP contribution < -0.4 is 11.1 Å². The zero-order valence-electron chi connectivity index (χ0n) is 10.5. The quantitative estimate of drug-likeness (QED) is 0.637. The molecule has 20 heavy (non-hydrogen) atoms. The summed E-state index contributed by atoms with van der Waals surface area (Å²) < 4.78 is 18.6. The Hall–Kier alpha value is -2.06. The van der Waals surface area contributed by atoms with Crippen molar-refractivity contribution in [2.45, 2.75) is 25.0 Å². The molecule has 1 heterocycles. The number of benzene rings is 1. The average Bonchev–Trinajstić information content (AvgIpc) is 2.86. The molecule has 2 unspecified atom stereocenters. The van der Waals surface area contributed by atoms with Crippen LogP contribution in [0.1, 0.15) is 12.8 Å². The van der Waals surface area contributed by atoms with Crippen LogP contribution >= 0.6 is 0 Å². The number of hydrogen-bond acceptors (Lipinski definition) is 5. The van der Waals surface area contributed by atoms with Crippen LogP contribution in [0.2, 0.25) is 0 Å². The van der Waals surface area contributed by atoms with Gasteiger partial charge in [0.15, 0.2) is 0 Å². The summed E-state index contributed by atoms with van der Waals surface area (Å²) in [7, 11) is 0. The molecular formula is C12H14FN3O4. The Kier molecular flexibility index (Phi) is 4.26. The lowest BCUT2D eigenvalue weighted by Gasteiger charge is -2.12. The van der Waals surface area contributed by atoms with E-state index in [4.69, 9.17) is 10.5 Å². The Morgan fingerprint density at radius 1 is 1.50 bits per heavy atom. The smallest absolute Gasteiger partial charge is 0.274 e. The molecule has 0 bridgehead atoms. The Balaban J connectivity index is 2.06. The maximum Gasteiger partial charge on any atom is 0.274 e. The molecule has 1 aromatic carbocycles. The van der Waals surface area contributed by atoms with E-state index in [1.807, 2.05) is 0 Å². The summed E-state index contributed by atoms with van der Waals surface area (Å²) in [6.45, 7) is 0.329. The number of nitro groups is 1. The van der Waals surface area contributed by atoms with Crippen molar-refractivity contribution in [3.05, 3.63) is 34.1 Å². The van der Waals surface area contributed by atoms with E-state index in [0.29, 0.717) is 19.4 Å². The van der Waals surface area contributed by atoms with Crippen LogP contribution in [0.25, 0.3) is 0 Å². The van der Waals surface area contributed by atoms with Gasteiger partial charge < -0.3 is 15.8 Å². The molecule has 0 saturated carbocycles. The number of nitrogens with two attached hydrogens (primary N) is 1. The van der Waals surface area contributed by atoms with Gasteiger partial charge in [0.1, 0.15) is 11.9 Å². The van der Waals surface area contributed by atoms with E-state index < -0.39 is 28.4 Å². The molecule has 3 N–H and O–H groups in total. The number of rotatable bonds is 4. The molecule has 0 aromatic heterocycles. The molecule has 7 nitrogen and oxygen atoms in total. The highest BCUT2D eigenvalue weighted by Crippen LogP contribution is 2.23. The average molecular weight is 283 g/mol. The van der Waals surface area contributed by atoms with Crippen LogP contribution in [0.3, 0.4) is 0 Å². The summed E-state index contributed by atoms with van der Waals surface area (Å²) in [5.74, 6) is -1.25. The minimum absolute atomic E-state index is 0.0292. The molecule has 2 atom stereocenters. The molecule has 108 valence electrons. The number of nitrogens with one attached hydrogen (secondary N) is 1. The van der Waals surface area contributed by atoms with Crippen molar-refractivity contribution in [1.82, 2.24) is 0 Å². The number of carbonyl (C=O) groups is 1. The summed E-state index contributed by atoms with van der Waals surface area (Å²) in [5.41, 5.74) is 5.05. The molecule has 2 rings (SSSR count). The first kappa shape index (κ1) is 14.4. The minimum atomic E-state index is -0.790. The molecule has 1 aliphatic heterocycles. The van der Waals surface area contributed by atoms with E-state index >= 15 is 0 Å². The largest absolute Gasteiger partial charge is 0.364 e. The van der Waals surface area contributed by atoms with Crippen molar-refractivity contribution in [2.75, 3.05) is 11.9 Å². The number of carbonyl (C=O) groups excluding carboxylic acids is 1. The highest BCUT2D eigenvalue weighted by molar-refractivity contribution is 5.94. The summed E-state index contributed by atoms with van der Waals surface area (Å²) in [6, 6.07) is 2.89. The Morgan fingerprint density at radius 3 is 2.85 bits per heavy atom. The van der Waals surface area contributed by atoms with Crippen LogP contribution in [-0.4, -0.2) is 29.6 Å². The SMILES string of the molecule is NCC1CCC(C(=O)Nc2cc(F)cc([N+](=O)[O-])c2)O1. The zero-order valence-corrected chi connectivity index (χ0v) is 10.5. The second-order valence-electron chi connectivity index (χ2n) is 4.50. The molecule has 8 heteroatoms. The van der Waals surface area contributed by atoms with Gasteiger partial charge in [-0.2, -0.15) is 0 Å². The lowest BCUT2D eigenvalue weighted by Crippen LogP contribution is -2.29. The van der Waals surface area contributed by atoms with Crippen LogP contribution in [0, 0.1) is 15.9 Å². The van der Waals surface area contributed by atoms with Crippen LogP contribution in [0.15, 0.2) is 18.2 Å². The fourth-order valence-corrected chi connectivity index (χ4v) is 2.05. The highest BCUT2D eigenvalue weighted by atomic mass is 19.1. The van der Waals surface area contributed by atoms with E-state index in [0.717, 1.165) is 18.2 Å². The van der Waals surface area contributed by atoms with Gasteiger partial charge in [-0.25, -0.2) is 4.39 Å². The monoisotopic (exact) mass is 283 g/mol. The topological polar surface area (TPSA) is 107 Å². The van der Waals surface area contributed by atoms with Gasteiger partial charge in [0, 0.05) is 12.6 Å². The Labute approximate surface area is 114 Å². The standard InChI is InChI=1S/C12H14FN3O4/c13-7-3-8(5-9(4-7)16(18)19)15-12(17)11-2-1-10(6-14)20-11/h3-5,10-11H,1-2,6,14H2,(H,15,17). The predicted molar refractivity (Wildman–Crippen MR) is 68.6 cm³/mol. The van der Waals surface area contributed by atoms with Crippen LogP contribution in [0.4, 0.5) is 15.8 Å². The third-order valence-electron chi connectivity index (χ3n) is 3.02. The maximum absolute atomic E-state index is 13.2. The van der Waals surface area contributed by atoms with Gasteiger partial charge in [0.2, 0.25) is 0 Å². The number of halogens is 1. The van der Waals surface area contributed by atoms with Crippen molar-refractivity contribution >= 4 is 17.3 Å². The van der Waals surface area contributed by atoms with E-state index in [1.165, 1.54) is 0 Å². The number of nitro benzene ring substituents is 1. The lowest BCUT2D eigenvalue weighted by molar-refractivity contribution is -0.385. The van der Waals surface area contributed by atoms with Gasteiger partial charge in [-0.3, -0.25) is 14.9 Å². The Morgan fingerprint density at radius 2 is 2.25 bits per heavy atom. The molecule has 0 aliphatic carbocycles. The molecule has 1 saturated heterocycles. The summed E-state index contributed by atoms with van der Waals surface area (Å²) in [4.78, 5) is 21.8. The number of non-ortho nitro benzene ring substituents is 1. The normalized spacial score (nSPS) is 21.7. The van der Waals surface area contributed by atoms with Gasteiger partial charge in [0.25, 0.3) is 11.6 Å². The van der Waals surface area contributed by atoms with Crippen molar-refractivity contribution < 1.29 is 18.8 Å². The molecule has 1 aliphatic rings. The minimum Gasteiger partial charge on any atom is -0.364 e. The number of nitrogens with zero attached hydrogens (tertiary/aromatic N) is 1. The first-order valence-corrected chi connectivity index (χ1v) is 6.11. The van der Waals surface area contributed by atoms with Crippen LogP contribution in [0.5, 0.6) is 0 Å². The van der Waals surface area contributed by atoms with E-state index in [2.05, 4.69) is 5.32 Å². The third kappa shape index (κ3) is 3.28. The Bertz CT molecular complexity index is 537. The first-order valence-electron chi connectivity index (χ1n) is 6.11. The van der Waals surface area contributed by atoms with Crippen molar-refractivity contribution in [2.24, 2.45) is 5.73 Å². The maximum atomic E-state index is 13.2.